The number of anilines is 4. The molecule has 0 aliphatic carbocycles. The monoisotopic (exact) mass is 623 g/mol. The second-order valence-corrected chi connectivity index (χ2v) is 9.30. The fourth-order valence-corrected chi connectivity index (χ4v) is 4.00. The van der Waals surface area contributed by atoms with Crippen LogP contribution < -0.4 is 16.0 Å². The van der Waals surface area contributed by atoms with Crippen LogP contribution in [0.1, 0.15) is 80.0 Å². The van der Waals surface area contributed by atoms with Gasteiger partial charge in [0.05, 0.1) is 30.2 Å². The van der Waals surface area contributed by atoms with Gasteiger partial charge in [-0.05, 0) is 32.4 Å². The molecule has 0 saturated carbocycles. The van der Waals surface area contributed by atoms with Crippen LogP contribution in [0.4, 0.5) is 35.9 Å². The van der Waals surface area contributed by atoms with Crippen LogP contribution in [0.15, 0.2) is 42.4 Å². The molecular formula is C31H48F3N7OS. The van der Waals surface area contributed by atoms with Crippen molar-refractivity contribution in [2.75, 3.05) is 42.3 Å². The fourth-order valence-electron chi connectivity index (χ4n) is 3.22. The lowest BCUT2D eigenvalue weighted by Crippen LogP contribution is -2.37. The molecule has 1 fully saturated rings. The highest BCUT2D eigenvalue weighted by Crippen LogP contribution is 2.38. The summed E-state index contributed by atoms with van der Waals surface area (Å²) >= 11 is 1.37. The van der Waals surface area contributed by atoms with Gasteiger partial charge in [-0.3, -0.25) is 0 Å². The van der Waals surface area contributed by atoms with Gasteiger partial charge < -0.3 is 20.7 Å². The normalized spacial score (nSPS) is 12.6. The Labute approximate surface area is 259 Å². The number of thiazole rings is 1. The lowest BCUT2D eigenvalue weighted by atomic mass is 10.1. The zero-order valence-electron chi connectivity index (χ0n) is 27.0. The highest BCUT2D eigenvalue weighted by Gasteiger charge is 2.35. The third kappa shape index (κ3) is 13.1. The molecule has 12 heteroatoms. The molecule has 4 rings (SSSR count). The Balaban J connectivity index is 0.00000157. The van der Waals surface area contributed by atoms with Crippen LogP contribution >= 0.6 is 11.3 Å². The average molecular weight is 624 g/mol. The Hall–Kier alpha value is -3.51. The van der Waals surface area contributed by atoms with E-state index in [-0.39, 0.29) is 17.1 Å². The molecule has 3 N–H and O–H groups in total. The Morgan fingerprint density at radius 2 is 1.67 bits per heavy atom. The number of allylic oxidation sites excluding steroid dienone is 3. The molecule has 0 unspecified atom stereocenters. The lowest BCUT2D eigenvalue weighted by molar-refractivity contribution is -0.137. The summed E-state index contributed by atoms with van der Waals surface area (Å²) in [4.78, 5) is 19.2. The number of hydrogen-bond donors (Lipinski definition) is 2. The highest BCUT2D eigenvalue weighted by molar-refractivity contribution is 7.13. The standard InChI is InChI=1S/C21H22F3N7OS.C3H8.C3H6.2C2H6/c1-3-12(2)16-11-33-20(28-16)30-18-9-15(27-19(29-18)31-4-6-32-7-5-31)13-10-26-17(25)8-14(13)21(22,23)24;2*1-3-2;2*1-2/h3,8-11H,4-7H2,1-2H3,(H2,25,26)(H,27,28,29,30);3H2,1-2H3;3H,1H2,2H3;2*1-2H3/b12-3+;;;;. The molecule has 1 aliphatic rings. The topological polar surface area (TPSA) is 102 Å². The largest absolute Gasteiger partial charge is 0.417 e. The molecule has 0 aromatic carbocycles. The molecule has 3 aromatic heterocycles. The molecule has 0 amide bonds. The molecule has 0 bridgehead atoms. The van der Waals surface area contributed by atoms with Crippen molar-refractivity contribution in [3.63, 3.8) is 0 Å². The maximum atomic E-state index is 13.7. The van der Waals surface area contributed by atoms with Crippen molar-refractivity contribution >= 4 is 39.6 Å². The lowest BCUT2D eigenvalue weighted by Gasteiger charge is -2.27. The van der Waals surface area contributed by atoms with Gasteiger partial charge in [-0.15, -0.1) is 17.9 Å². The Bertz CT molecular complexity index is 1240. The van der Waals surface area contributed by atoms with Crippen LogP contribution in [0.3, 0.4) is 0 Å². The zero-order valence-corrected chi connectivity index (χ0v) is 27.8. The van der Waals surface area contributed by atoms with Gasteiger partial charge in [0.1, 0.15) is 11.6 Å². The van der Waals surface area contributed by atoms with E-state index in [4.69, 9.17) is 10.5 Å². The third-order valence-electron chi connectivity index (χ3n) is 5.09. The number of ether oxygens (including phenoxy) is 1. The van der Waals surface area contributed by atoms with Crippen LogP contribution in [0.2, 0.25) is 0 Å². The van der Waals surface area contributed by atoms with E-state index in [0.717, 1.165) is 23.5 Å². The second kappa shape index (κ2) is 21.2. The minimum atomic E-state index is -4.63. The predicted octanol–water partition coefficient (Wildman–Crippen LogP) is 9.26. The first-order valence-electron chi connectivity index (χ1n) is 14.6. The summed E-state index contributed by atoms with van der Waals surface area (Å²) in [5.41, 5.74) is 6.35. The van der Waals surface area contributed by atoms with Crippen LogP contribution in [-0.2, 0) is 10.9 Å². The summed E-state index contributed by atoms with van der Waals surface area (Å²) in [6, 6.07) is 2.27. The minimum Gasteiger partial charge on any atom is -0.384 e. The average Bonchev–Trinajstić information content (AvgIpc) is 3.48. The summed E-state index contributed by atoms with van der Waals surface area (Å²) in [6.07, 6.45) is 1.41. The SMILES string of the molecule is C/C=C(\C)c1csc(Nc2cc(-c3cnc(N)cc3C(F)(F)F)nc(N3CCOCC3)n2)n1.C=CC.CC.CC.CCC. The van der Waals surface area contributed by atoms with Gasteiger partial charge in [0.2, 0.25) is 5.95 Å². The Morgan fingerprint density at radius 3 is 2.21 bits per heavy atom. The predicted molar refractivity (Wildman–Crippen MR) is 177 cm³/mol. The maximum Gasteiger partial charge on any atom is 0.417 e. The first-order valence-corrected chi connectivity index (χ1v) is 15.4. The summed E-state index contributed by atoms with van der Waals surface area (Å²) in [5.74, 6) is 0.400. The van der Waals surface area contributed by atoms with E-state index >= 15 is 0 Å². The number of nitrogens with zero attached hydrogens (tertiary/aromatic N) is 5. The number of nitrogen functional groups attached to an aromatic ring is 1. The molecule has 43 heavy (non-hydrogen) atoms. The van der Waals surface area contributed by atoms with Crippen molar-refractivity contribution in [3.05, 3.63) is 53.7 Å². The fraction of sp³-hybridized carbons (Fsp3) is 0.484. The summed E-state index contributed by atoms with van der Waals surface area (Å²) in [6.45, 7) is 23.4. The van der Waals surface area contributed by atoms with E-state index in [2.05, 4.69) is 45.7 Å². The number of pyridine rings is 1. The molecule has 4 heterocycles. The van der Waals surface area contributed by atoms with E-state index in [0.29, 0.717) is 43.2 Å². The molecule has 0 atom stereocenters. The second-order valence-electron chi connectivity index (χ2n) is 8.44. The van der Waals surface area contributed by atoms with Gasteiger partial charge in [0.15, 0.2) is 5.13 Å². The minimum absolute atomic E-state index is 0.0789. The van der Waals surface area contributed by atoms with Gasteiger partial charge in [-0.25, -0.2) is 15.0 Å². The van der Waals surface area contributed by atoms with Crippen molar-refractivity contribution in [1.82, 2.24) is 19.9 Å². The van der Waals surface area contributed by atoms with E-state index in [1.165, 1.54) is 23.8 Å². The van der Waals surface area contributed by atoms with Crippen molar-refractivity contribution in [1.29, 1.82) is 0 Å². The van der Waals surface area contributed by atoms with E-state index in [9.17, 15) is 13.2 Å². The molecule has 3 aromatic rings. The van der Waals surface area contributed by atoms with Crippen molar-refractivity contribution in [3.8, 4) is 11.3 Å². The van der Waals surface area contributed by atoms with Gasteiger partial charge in [0, 0.05) is 36.3 Å². The van der Waals surface area contributed by atoms with Crippen molar-refractivity contribution in [2.45, 2.75) is 74.9 Å². The molecule has 8 nitrogen and oxygen atoms in total. The third-order valence-corrected chi connectivity index (χ3v) is 5.85. The summed E-state index contributed by atoms with van der Waals surface area (Å²) < 4.78 is 46.6. The number of hydrogen-bond acceptors (Lipinski definition) is 9. The quantitative estimate of drug-likeness (QED) is 0.271. The highest BCUT2D eigenvalue weighted by atomic mass is 32.1. The zero-order chi connectivity index (χ0) is 33.0. The molecule has 1 saturated heterocycles. The van der Waals surface area contributed by atoms with Crippen LogP contribution in [0.25, 0.3) is 16.8 Å². The van der Waals surface area contributed by atoms with E-state index < -0.39 is 11.7 Å². The first kappa shape index (κ1) is 39.5. The number of aromatic nitrogens is 4. The Kier molecular flexibility index (Phi) is 19.5. The molecule has 1 aliphatic heterocycles. The summed E-state index contributed by atoms with van der Waals surface area (Å²) in [7, 11) is 0. The number of halogens is 3. The molecule has 240 valence electrons. The molecule has 0 radical (unpaired) electrons. The number of morpholine rings is 1. The van der Waals surface area contributed by atoms with E-state index in [1.807, 2.05) is 64.8 Å². The number of nitrogens with two attached hydrogens (primary N) is 1. The van der Waals surface area contributed by atoms with Crippen LogP contribution in [0.5, 0.6) is 0 Å². The number of alkyl halides is 3. The van der Waals surface area contributed by atoms with Crippen molar-refractivity contribution < 1.29 is 17.9 Å². The number of rotatable bonds is 5. The molecular weight excluding hydrogens is 575 g/mol. The van der Waals surface area contributed by atoms with Gasteiger partial charge in [0.25, 0.3) is 0 Å². The van der Waals surface area contributed by atoms with Gasteiger partial charge in [-0.1, -0.05) is 60.1 Å². The van der Waals surface area contributed by atoms with Crippen LogP contribution in [-0.4, -0.2) is 46.2 Å². The summed E-state index contributed by atoms with van der Waals surface area (Å²) in [5, 5.41) is 5.57. The number of nitrogens with one attached hydrogen (secondary N) is 1. The molecule has 0 spiro atoms. The Morgan fingerprint density at radius 1 is 1.09 bits per heavy atom. The first-order chi connectivity index (χ1) is 20.6. The van der Waals surface area contributed by atoms with Gasteiger partial charge >= 0.3 is 6.18 Å². The van der Waals surface area contributed by atoms with Gasteiger partial charge in [-0.2, -0.15) is 18.2 Å². The van der Waals surface area contributed by atoms with Crippen LogP contribution in [0, 0.1) is 0 Å². The van der Waals surface area contributed by atoms with Crippen molar-refractivity contribution in [2.24, 2.45) is 0 Å². The van der Waals surface area contributed by atoms with E-state index in [1.54, 1.807) is 6.08 Å². The smallest absolute Gasteiger partial charge is 0.384 e. The maximum absolute atomic E-state index is 13.7.